The quantitative estimate of drug-likeness (QED) is 0.574. The van der Waals surface area contributed by atoms with Crippen molar-refractivity contribution in [2.24, 2.45) is 5.92 Å². The minimum Gasteiger partial charge on any atom is -0.490 e. The number of rotatable bonds is 7. The van der Waals surface area contributed by atoms with Crippen molar-refractivity contribution < 1.29 is 37.6 Å². The molecule has 3 heterocycles. The SMILES string of the molecule is CCOc1ccc(C2[C@@H](C(=O)Nc3ccc([C@@H](O)CC)nc3)OC(C)(C)[C@@H]2C)c2c1OC(F)(F)O2. The molecule has 1 unspecified atom stereocenters. The molecule has 0 spiro atoms. The molecule has 0 radical (unpaired) electrons. The van der Waals surface area contributed by atoms with Gasteiger partial charge in [-0.1, -0.05) is 19.9 Å². The number of carbonyl (C=O) groups excluding carboxylic acids is 1. The second kappa shape index (κ2) is 9.23. The van der Waals surface area contributed by atoms with Gasteiger partial charge in [-0.3, -0.25) is 9.78 Å². The molecule has 1 saturated heterocycles. The van der Waals surface area contributed by atoms with Gasteiger partial charge in [0.15, 0.2) is 11.5 Å². The summed E-state index contributed by atoms with van der Waals surface area (Å²) in [6, 6.07) is 6.43. The third-order valence-corrected chi connectivity index (χ3v) is 6.64. The van der Waals surface area contributed by atoms with Gasteiger partial charge in [-0.15, -0.1) is 8.78 Å². The Morgan fingerprint density at radius 3 is 2.54 bits per heavy atom. The molecule has 4 rings (SSSR count). The highest BCUT2D eigenvalue weighted by Gasteiger charge is 2.54. The Hall–Kier alpha value is -2.98. The first-order chi connectivity index (χ1) is 16.5. The summed E-state index contributed by atoms with van der Waals surface area (Å²) >= 11 is 0. The van der Waals surface area contributed by atoms with Crippen LogP contribution in [-0.2, 0) is 9.53 Å². The van der Waals surface area contributed by atoms with Crippen molar-refractivity contribution in [1.82, 2.24) is 4.98 Å². The molecular formula is C25H30F2N2O6. The molecule has 35 heavy (non-hydrogen) atoms. The van der Waals surface area contributed by atoms with Crippen molar-refractivity contribution in [3.8, 4) is 17.2 Å². The number of hydrogen-bond donors (Lipinski definition) is 2. The van der Waals surface area contributed by atoms with Gasteiger partial charge in [0.2, 0.25) is 5.75 Å². The second-order valence-electron chi connectivity index (χ2n) is 9.25. The van der Waals surface area contributed by atoms with Crippen molar-refractivity contribution >= 4 is 11.6 Å². The van der Waals surface area contributed by atoms with Gasteiger partial charge in [-0.25, -0.2) is 0 Å². The fourth-order valence-electron chi connectivity index (χ4n) is 4.50. The Balaban J connectivity index is 1.66. The summed E-state index contributed by atoms with van der Waals surface area (Å²) in [5, 5.41) is 12.7. The maximum atomic E-state index is 14.1. The number of pyridine rings is 1. The Labute approximate surface area is 202 Å². The summed E-state index contributed by atoms with van der Waals surface area (Å²) in [7, 11) is 0. The minimum atomic E-state index is -3.85. The van der Waals surface area contributed by atoms with Crippen LogP contribution in [0.25, 0.3) is 0 Å². The molecule has 190 valence electrons. The average molecular weight is 493 g/mol. The lowest BCUT2D eigenvalue weighted by atomic mass is 9.78. The second-order valence-corrected chi connectivity index (χ2v) is 9.25. The van der Waals surface area contributed by atoms with Gasteiger partial charge in [0, 0.05) is 11.5 Å². The molecule has 4 atom stereocenters. The van der Waals surface area contributed by atoms with Crippen LogP contribution in [0.1, 0.15) is 64.3 Å². The highest BCUT2D eigenvalue weighted by Crippen LogP contribution is 2.56. The molecule has 2 aliphatic rings. The number of aliphatic hydroxyl groups is 1. The van der Waals surface area contributed by atoms with Gasteiger partial charge >= 0.3 is 6.29 Å². The third kappa shape index (κ3) is 4.77. The van der Waals surface area contributed by atoms with Crippen LogP contribution in [0.4, 0.5) is 14.5 Å². The summed E-state index contributed by atoms with van der Waals surface area (Å²) in [5.74, 6) is -1.52. The van der Waals surface area contributed by atoms with Gasteiger partial charge in [0.1, 0.15) is 6.10 Å². The van der Waals surface area contributed by atoms with Gasteiger partial charge in [0.25, 0.3) is 5.91 Å². The Morgan fingerprint density at radius 1 is 1.20 bits per heavy atom. The molecule has 2 N–H and O–H groups in total. The summed E-state index contributed by atoms with van der Waals surface area (Å²) in [4.78, 5) is 17.5. The first-order valence-corrected chi connectivity index (χ1v) is 11.7. The topological polar surface area (TPSA) is 99.1 Å². The van der Waals surface area contributed by atoms with E-state index in [1.54, 1.807) is 25.1 Å². The highest BCUT2D eigenvalue weighted by molar-refractivity contribution is 5.95. The number of anilines is 1. The lowest BCUT2D eigenvalue weighted by Crippen LogP contribution is -2.33. The van der Waals surface area contributed by atoms with Crippen LogP contribution in [0, 0.1) is 5.92 Å². The molecule has 1 aromatic heterocycles. The fourth-order valence-corrected chi connectivity index (χ4v) is 4.50. The molecule has 1 aromatic carbocycles. The normalized spacial score (nSPS) is 24.7. The van der Waals surface area contributed by atoms with E-state index in [1.807, 2.05) is 27.7 Å². The first kappa shape index (κ1) is 25.1. The van der Waals surface area contributed by atoms with Crippen LogP contribution >= 0.6 is 0 Å². The zero-order valence-electron chi connectivity index (χ0n) is 20.3. The van der Waals surface area contributed by atoms with E-state index in [9.17, 15) is 18.7 Å². The summed E-state index contributed by atoms with van der Waals surface area (Å²) in [6.45, 7) is 9.42. The minimum absolute atomic E-state index is 0.135. The van der Waals surface area contributed by atoms with E-state index >= 15 is 0 Å². The van der Waals surface area contributed by atoms with E-state index in [-0.39, 0.29) is 29.8 Å². The molecule has 0 saturated carbocycles. The molecule has 8 nitrogen and oxygen atoms in total. The summed E-state index contributed by atoms with van der Waals surface area (Å²) in [6.07, 6.45) is -3.57. The maximum absolute atomic E-state index is 14.1. The average Bonchev–Trinajstić information content (AvgIpc) is 3.26. The molecule has 1 amide bonds. The van der Waals surface area contributed by atoms with E-state index in [0.717, 1.165) is 0 Å². The van der Waals surface area contributed by atoms with E-state index in [4.69, 9.17) is 18.9 Å². The largest absolute Gasteiger partial charge is 0.586 e. The van der Waals surface area contributed by atoms with Gasteiger partial charge in [0.05, 0.1) is 35.9 Å². The van der Waals surface area contributed by atoms with E-state index < -0.39 is 35.9 Å². The summed E-state index contributed by atoms with van der Waals surface area (Å²) < 4.78 is 49.4. The number of fused-ring (bicyclic) bond motifs is 1. The number of aromatic nitrogens is 1. The zero-order chi connectivity index (χ0) is 25.5. The Kier molecular flexibility index (Phi) is 6.63. The van der Waals surface area contributed by atoms with Crippen molar-refractivity contribution in [2.45, 2.75) is 71.1 Å². The maximum Gasteiger partial charge on any atom is 0.586 e. The smallest absolute Gasteiger partial charge is 0.490 e. The van der Waals surface area contributed by atoms with Crippen LogP contribution in [0.15, 0.2) is 30.5 Å². The van der Waals surface area contributed by atoms with Crippen LogP contribution in [0.5, 0.6) is 17.2 Å². The first-order valence-electron chi connectivity index (χ1n) is 11.7. The number of alkyl halides is 2. The van der Waals surface area contributed by atoms with E-state index in [1.165, 1.54) is 12.3 Å². The van der Waals surface area contributed by atoms with Crippen LogP contribution in [0.3, 0.4) is 0 Å². The number of benzene rings is 1. The predicted octanol–water partition coefficient (Wildman–Crippen LogP) is 4.78. The van der Waals surface area contributed by atoms with Crippen LogP contribution in [0.2, 0.25) is 0 Å². The number of carbonyl (C=O) groups is 1. The van der Waals surface area contributed by atoms with Gasteiger partial charge in [-0.2, -0.15) is 0 Å². The third-order valence-electron chi connectivity index (χ3n) is 6.64. The Morgan fingerprint density at radius 2 is 1.91 bits per heavy atom. The van der Waals surface area contributed by atoms with Crippen molar-refractivity contribution in [3.05, 3.63) is 41.7 Å². The molecule has 0 aliphatic carbocycles. The fraction of sp³-hybridized carbons (Fsp3) is 0.520. The number of hydrogen-bond acceptors (Lipinski definition) is 7. The predicted molar refractivity (Wildman–Crippen MR) is 123 cm³/mol. The summed E-state index contributed by atoms with van der Waals surface area (Å²) in [5.41, 5.74) is 0.564. The number of aliphatic hydroxyl groups excluding tert-OH is 1. The highest BCUT2D eigenvalue weighted by atomic mass is 19.3. The molecule has 10 heteroatoms. The van der Waals surface area contributed by atoms with Gasteiger partial charge < -0.3 is 29.4 Å². The van der Waals surface area contributed by atoms with Crippen molar-refractivity contribution in [2.75, 3.05) is 11.9 Å². The van der Waals surface area contributed by atoms with E-state index in [0.29, 0.717) is 23.4 Å². The molecule has 0 bridgehead atoms. The molecule has 2 aromatic rings. The van der Waals surface area contributed by atoms with Crippen molar-refractivity contribution in [1.29, 1.82) is 0 Å². The Bertz CT molecular complexity index is 1090. The van der Waals surface area contributed by atoms with Crippen LogP contribution in [-0.4, -0.2) is 40.6 Å². The van der Waals surface area contributed by atoms with Crippen LogP contribution < -0.4 is 19.5 Å². The number of halogens is 2. The molecule has 1 fully saturated rings. The van der Waals surface area contributed by atoms with Crippen molar-refractivity contribution in [3.63, 3.8) is 0 Å². The lowest BCUT2D eigenvalue weighted by Gasteiger charge is -2.25. The number of nitrogens with zero attached hydrogens (tertiary/aromatic N) is 1. The number of amides is 1. The number of nitrogens with one attached hydrogen (secondary N) is 1. The van der Waals surface area contributed by atoms with Gasteiger partial charge in [-0.05, 0) is 51.3 Å². The monoisotopic (exact) mass is 492 g/mol. The zero-order valence-corrected chi connectivity index (χ0v) is 20.3. The standard InChI is InChI=1S/C25H30F2N2O6/c1-6-17(30)16-10-8-14(12-28-16)29-23(31)22-19(13(3)24(4,5)33-22)15-9-11-18(32-7-2)21-20(15)34-25(26,27)35-21/h8-13,17,19,22,30H,6-7H2,1-5H3,(H,29,31)/t13-,17+,19?,22+/m1/s1. The number of ether oxygens (including phenoxy) is 4. The molecule has 2 aliphatic heterocycles. The van der Waals surface area contributed by atoms with E-state index in [2.05, 4.69) is 10.3 Å². The molecular weight excluding hydrogens is 462 g/mol. The lowest BCUT2D eigenvalue weighted by molar-refractivity contribution is -0.287.